The molecule has 0 aliphatic carbocycles. The van der Waals surface area contributed by atoms with Crippen molar-refractivity contribution >= 4 is 11.8 Å². The number of carbonyl (C=O) groups excluding carboxylic acids is 2. The number of carbonyl (C=O) groups is 2. The van der Waals surface area contributed by atoms with Crippen molar-refractivity contribution < 1.29 is 14.3 Å². The standard InChI is InChI=1S/C26H24N2O3/c1-2-17-27(28-24(29)21-15-9-10-16-22(21)26(28)18-31-26)25(30)23(19-11-5-3-6-12-19)20-13-7-4-8-14-20/h3-16,23H,2,17-18H2,1H3. The number of hydrogen-bond acceptors (Lipinski definition) is 3. The quantitative estimate of drug-likeness (QED) is 0.567. The zero-order valence-corrected chi connectivity index (χ0v) is 17.4. The minimum atomic E-state index is -0.865. The number of nitrogens with zero attached hydrogens (tertiary/aromatic N) is 2. The van der Waals surface area contributed by atoms with Crippen molar-refractivity contribution in [2.45, 2.75) is 25.0 Å². The Morgan fingerprint density at radius 2 is 1.52 bits per heavy atom. The summed E-state index contributed by atoms with van der Waals surface area (Å²) in [4.78, 5) is 27.5. The maximum atomic E-state index is 14.1. The molecule has 3 aromatic carbocycles. The van der Waals surface area contributed by atoms with Gasteiger partial charge in [0.25, 0.3) is 11.8 Å². The van der Waals surface area contributed by atoms with Crippen LogP contribution in [0.1, 0.15) is 46.3 Å². The molecule has 0 N–H and O–H groups in total. The topological polar surface area (TPSA) is 53.2 Å². The Balaban J connectivity index is 1.59. The fourth-order valence-electron chi connectivity index (χ4n) is 4.49. The molecule has 0 radical (unpaired) electrons. The molecule has 2 aliphatic heterocycles. The SMILES string of the molecule is CCCN(C(=O)C(c1ccccc1)c1ccccc1)N1C(=O)c2ccccc2C12CO2. The van der Waals surface area contributed by atoms with Gasteiger partial charge in [0, 0.05) is 17.7 Å². The Morgan fingerprint density at radius 1 is 0.968 bits per heavy atom. The first-order valence-corrected chi connectivity index (χ1v) is 10.7. The van der Waals surface area contributed by atoms with E-state index in [2.05, 4.69) is 0 Å². The van der Waals surface area contributed by atoms with Crippen LogP contribution >= 0.6 is 0 Å². The summed E-state index contributed by atoms with van der Waals surface area (Å²) < 4.78 is 5.85. The number of benzene rings is 3. The van der Waals surface area contributed by atoms with Gasteiger partial charge >= 0.3 is 0 Å². The molecule has 1 atom stereocenters. The van der Waals surface area contributed by atoms with Crippen molar-refractivity contribution in [3.05, 3.63) is 107 Å². The van der Waals surface area contributed by atoms with Gasteiger partial charge in [0.2, 0.25) is 5.72 Å². The van der Waals surface area contributed by atoms with E-state index in [1.807, 2.05) is 91.9 Å². The van der Waals surface area contributed by atoms with Gasteiger partial charge < -0.3 is 4.74 Å². The molecule has 5 nitrogen and oxygen atoms in total. The predicted octanol–water partition coefficient (Wildman–Crippen LogP) is 4.31. The average Bonchev–Trinajstić information content (AvgIpc) is 3.57. The Kier molecular flexibility index (Phi) is 4.83. The van der Waals surface area contributed by atoms with Gasteiger partial charge in [-0.1, -0.05) is 85.8 Å². The third-order valence-corrected chi connectivity index (χ3v) is 5.97. The molecule has 156 valence electrons. The van der Waals surface area contributed by atoms with Gasteiger partial charge in [-0.2, -0.15) is 0 Å². The third-order valence-electron chi connectivity index (χ3n) is 5.97. The van der Waals surface area contributed by atoms with Crippen LogP contribution in [-0.2, 0) is 15.3 Å². The Hall–Kier alpha value is -3.44. The highest BCUT2D eigenvalue weighted by atomic mass is 16.6. The van der Waals surface area contributed by atoms with Crippen molar-refractivity contribution in [2.75, 3.05) is 13.2 Å². The molecule has 31 heavy (non-hydrogen) atoms. The molecule has 3 aromatic rings. The fraction of sp³-hybridized carbons (Fsp3) is 0.231. The lowest BCUT2D eigenvalue weighted by Gasteiger charge is -2.37. The van der Waals surface area contributed by atoms with Crippen LogP contribution < -0.4 is 0 Å². The van der Waals surface area contributed by atoms with E-state index in [0.29, 0.717) is 18.7 Å². The minimum Gasteiger partial charge on any atom is -0.342 e. The smallest absolute Gasteiger partial charge is 0.275 e. The van der Waals surface area contributed by atoms with Gasteiger partial charge in [-0.25, -0.2) is 10.0 Å². The fourth-order valence-corrected chi connectivity index (χ4v) is 4.49. The normalized spacial score (nSPS) is 19.0. The highest BCUT2D eigenvalue weighted by molar-refractivity contribution is 6.01. The van der Waals surface area contributed by atoms with Crippen molar-refractivity contribution in [2.24, 2.45) is 0 Å². The van der Waals surface area contributed by atoms with E-state index in [1.54, 1.807) is 10.0 Å². The van der Waals surface area contributed by atoms with E-state index < -0.39 is 11.6 Å². The molecule has 2 amide bonds. The first-order valence-electron chi connectivity index (χ1n) is 10.7. The van der Waals surface area contributed by atoms with Crippen LogP contribution in [-0.4, -0.2) is 35.0 Å². The molecule has 1 spiro atoms. The summed E-state index contributed by atoms with van der Waals surface area (Å²) in [6.45, 7) is 2.83. The van der Waals surface area contributed by atoms with Crippen molar-refractivity contribution in [3.8, 4) is 0 Å². The van der Waals surface area contributed by atoms with Gasteiger partial charge in [-0.15, -0.1) is 0 Å². The number of hydrazine groups is 1. The second kappa shape index (κ2) is 7.67. The molecule has 1 unspecified atom stereocenters. The largest absolute Gasteiger partial charge is 0.342 e. The van der Waals surface area contributed by atoms with Crippen LogP contribution in [0.3, 0.4) is 0 Å². The molecular formula is C26H24N2O3. The first-order chi connectivity index (χ1) is 15.2. The van der Waals surface area contributed by atoms with Gasteiger partial charge in [-0.3, -0.25) is 9.59 Å². The summed E-state index contributed by atoms with van der Waals surface area (Å²) in [5.41, 5.74) is 2.37. The summed E-state index contributed by atoms with van der Waals surface area (Å²) in [7, 11) is 0. The number of hydrogen-bond donors (Lipinski definition) is 0. The maximum absolute atomic E-state index is 14.1. The van der Waals surface area contributed by atoms with E-state index in [1.165, 1.54) is 0 Å². The van der Waals surface area contributed by atoms with Crippen LogP contribution in [0.15, 0.2) is 84.9 Å². The Bertz CT molecular complexity index is 1070. The van der Waals surface area contributed by atoms with Crippen LogP contribution in [0.2, 0.25) is 0 Å². The molecule has 5 heteroatoms. The summed E-state index contributed by atoms with van der Waals surface area (Å²) in [5, 5.41) is 3.17. The average molecular weight is 412 g/mol. The summed E-state index contributed by atoms with van der Waals surface area (Å²) >= 11 is 0. The highest BCUT2D eigenvalue weighted by Gasteiger charge is 2.63. The van der Waals surface area contributed by atoms with Gasteiger partial charge in [0.1, 0.15) is 6.61 Å². The molecule has 2 aliphatic rings. The Morgan fingerprint density at radius 3 is 2.06 bits per heavy atom. The first kappa shape index (κ1) is 19.5. The van der Waals surface area contributed by atoms with Gasteiger partial charge in [0.15, 0.2) is 0 Å². The maximum Gasteiger partial charge on any atom is 0.275 e. The molecule has 2 heterocycles. The van der Waals surface area contributed by atoms with E-state index in [9.17, 15) is 9.59 Å². The monoisotopic (exact) mass is 412 g/mol. The molecule has 5 rings (SSSR count). The van der Waals surface area contributed by atoms with Crippen LogP contribution in [0.4, 0.5) is 0 Å². The summed E-state index contributed by atoms with van der Waals surface area (Å²) in [6, 6.07) is 26.9. The van der Waals surface area contributed by atoms with E-state index in [0.717, 1.165) is 23.1 Å². The van der Waals surface area contributed by atoms with E-state index in [-0.39, 0.29) is 11.8 Å². The molecule has 1 fully saturated rings. The lowest BCUT2D eigenvalue weighted by molar-refractivity contribution is -0.154. The van der Waals surface area contributed by atoms with Crippen molar-refractivity contribution in [1.82, 2.24) is 10.0 Å². The highest BCUT2D eigenvalue weighted by Crippen LogP contribution is 2.50. The predicted molar refractivity (Wildman–Crippen MR) is 117 cm³/mol. The second-order valence-electron chi connectivity index (χ2n) is 7.95. The summed E-state index contributed by atoms with van der Waals surface area (Å²) in [5.74, 6) is -0.827. The molecule has 0 aromatic heterocycles. The number of rotatable bonds is 6. The van der Waals surface area contributed by atoms with Crippen molar-refractivity contribution in [1.29, 1.82) is 0 Å². The van der Waals surface area contributed by atoms with Gasteiger partial charge in [0.05, 0.1) is 5.92 Å². The molecular weight excluding hydrogens is 388 g/mol. The zero-order valence-electron chi connectivity index (χ0n) is 17.4. The number of amides is 2. The lowest BCUT2D eigenvalue weighted by Crippen LogP contribution is -2.53. The van der Waals surface area contributed by atoms with Crippen LogP contribution in [0.5, 0.6) is 0 Å². The lowest BCUT2D eigenvalue weighted by atomic mass is 9.90. The van der Waals surface area contributed by atoms with Gasteiger partial charge in [-0.05, 0) is 23.6 Å². The minimum absolute atomic E-state index is 0.129. The summed E-state index contributed by atoms with van der Waals surface area (Å²) in [6.07, 6.45) is 0.720. The van der Waals surface area contributed by atoms with Crippen LogP contribution in [0.25, 0.3) is 0 Å². The van der Waals surface area contributed by atoms with E-state index >= 15 is 0 Å². The molecule has 0 bridgehead atoms. The van der Waals surface area contributed by atoms with Crippen molar-refractivity contribution in [3.63, 3.8) is 0 Å². The van der Waals surface area contributed by atoms with E-state index in [4.69, 9.17) is 4.74 Å². The molecule has 0 saturated carbocycles. The third kappa shape index (κ3) is 3.13. The Labute approximate surface area is 181 Å². The number of ether oxygens (including phenoxy) is 1. The number of fused-ring (bicyclic) bond motifs is 2. The zero-order chi connectivity index (χ0) is 21.4. The number of epoxide rings is 1. The second-order valence-corrected chi connectivity index (χ2v) is 7.95. The molecule has 1 saturated heterocycles. The van der Waals surface area contributed by atoms with Crippen LogP contribution in [0, 0.1) is 0 Å².